The summed E-state index contributed by atoms with van der Waals surface area (Å²) >= 11 is 0. The minimum Gasteiger partial charge on any atom is -0.393 e. The fourth-order valence-electron chi connectivity index (χ4n) is 2.81. The Bertz CT molecular complexity index is 259. The van der Waals surface area contributed by atoms with Crippen molar-refractivity contribution in [2.45, 2.75) is 38.2 Å². The van der Waals surface area contributed by atoms with Crippen LogP contribution in [0.2, 0.25) is 0 Å². The molecule has 0 bridgehead atoms. The lowest BCUT2D eigenvalue weighted by Gasteiger charge is -2.51. The van der Waals surface area contributed by atoms with Crippen LogP contribution in [-0.4, -0.2) is 48.8 Å². The molecule has 1 aliphatic heterocycles. The van der Waals surface area contributed by atoms with Crippen LogP contribution in [0.4, 0.5) is 0 Å². The van der Waals surface area contributed by atoms with Crippen molar-refractivity contribution in [1.82, 2.24) is 4.90 Å². The second-order valence-corrected chi connectivity index (χ2v) is 5.04. The van der Waals surface area contributed by atoms with Crippen LogP contribution in [0.25, 0.3) is 0 Å². The fraction of sp³-hybridized carbons (Fsp3) is 0.917. The van der Waals surface area contributed by atoms with Crippen LogP contribution in [0.3, 0.4) is 0 Å². The van der Waals surface area contributed by atoms with Gasteiger partial charge >= 0.3 is 0 Å². The standard InChI is InChI=1S/C12H21NO3/c1-16-9-3-11(15)13-7-5-12(6-8-13)4-2-10(12)14/h10,14H,2-9H2,1H3. The Morgan fingerprint density at radius 1 is 1.44 bits per heavy atom. The summed E-state index contributed by atoms with van der Waals surface area (Å²) in [4.78, 5) is 13.7. The summed E-state index contributed by atoms with van der Waals surface area (Å²) in [5, 5.41) is 9.77. The Morgan fingerprint density at radius 3 is 2.56 bits per heavy atom. The van der Waals surface area contributed by atoms with Crippen molar-refractivity contribution >= 4 is 5.91 Å². The third kappa shape index (κ3) is 2.09. The van der Waals surface area contributed by atoms with E-state index in [4.69, 9.17) is 4.74 Å². The van der Waals surface area contributed by atoms with Crippen LogP contribution in [0.15, 0.2) is 0 Å². The minimum atomic E-state index is -0.122. The summed E-state index contributed by atoms with van der Waals surface area (Å²) in [5.41, 5.74) is 0.151. The average Bonchev–Trinajstić information content (AvgIpc) is 2.34. The average molecular weight is 227 g/mol. The molecule has 4 heteroatoms. The molecular weight excluding hydrogens is 206 g/mol. The van der Waals surface area contributed by atoms with Gasteiger partial charge in [-0.3, -0.25) is 4.79 Å². The predicted molar refractivity (Wildman–Crippen MR) is 60.0 cm³/mol. The van der Waals surface area contributed by atoms with Crippen molar-refractivity contribution in [3.8, 4) is 0 Å². The van der Waals surface area contributed by atoms with Gasteiger partial charge in [-0.15, -0.1) is 0 Å². The summed E-state index contributed by atoms with van der Waals surface area (Å²) in [6, 6.07) is 0. The number of aliphatic hydroxyl groups is 1. The summed E-state index contributed by atoms with van der Waals surface area (Å²) in [7, 11) is 1.61. The molecular formula is C12H21NO3. The van der Waals surface area contributed by atoms with E-state index in [1.54, 1.807) is 7.11 Å². The first-order valence-corrected chi connectivity index (χ1v) is 6.13. The van der Waals surface area contributed by atoms with Gasteiger partial charge in [0.05, 0.1) is 19.1 Å². The van der Waals surface area contributed by atoms with Gasteiger partial charge in [0.2, 0.25) is 5.91 Å². The number of likely N-dealkylation sites (tertiary alicyclic amines) is 1. The van der Waals surface area contributed by atoms with E-state index in [2.05, 4.69) is 0 Å². The molecule has 1 N–H and O–H groups in total. The number of amides is 1. The van der Waals surface area contributed by atoms with E-state index in [0.717, 1.165) is 38.8 Å². The Hall–Kier alpha value is -0.610. The van der Waals surface area contributed by atoms with Gasteiger partial charge < -0.3 is 14.7 Å². The molecule has 1 aliphatic carbocycles. The van der Waals surface area contributed by atoms with Crippen LogP contribution in [0, 0.1) is 5.41 Å². The van der Waals surface area contributed by atoms with E-state index < -0.39 is 0 Å². The van der Waals surface area contributed by atoms with E-state index in [1.165, 1.54) is 0 Å². The molecule has 16 heavy (non-hydrogen) atoms. The first-order valence-electron chi connectivity index (χ1n) is 6.13. The number of carbonyl (C=O) groups excluding carboxylic acids is 1. The number of hydrogen-bond donors (Lipinski definition) is 1. The molecule has 1 saturated carbocycles. The minimum absolute atomic E-state index is 0.122. The maximum atomic E-state index is 11.7. The zero-order chi connectivity index (χ0) is 11.6. The van der Waals surface area contributed by atoms with Crippen LogP contribution in [0.5, 0.6) is 0 Å². The lowest BCUT2D eigenvalue weighted by molar-refractivity contribution is -0.141. The monoisotopic (exact) mass is 227 g/mol. The quantitative estimate of drug-likeness (QED) is 0.775. The Kier molecular flexibility index (Phi) is 3.50. The number of aliphatic hydroxyl groups excluding tert-OH is 1. The number of piperidine rings is 1. The molecule has 1 atom stereocenters. The van der Waals surface area contributed by atoms with Gasteiger partial charge in [0, 0.05) is 20.2 Å². The van der Waals surface area contributed by atoms with Crippen molar-refractivity contribution < 1.29 is 14.6 Å². The fourth-order valence-corrected chi connectivity index (χ4v) is 2.81. The number of ether oxygens (including phenoxy) is 1. The van der Waals surface area contributed by atoms with Crippen molar-refractivity contribution in [2.24, 2.45) is 5.41 Å². The molecule has 2 rings (SSSR count). The van der Waals surface area contributed by atoms with E-state index in [1.807, 2.05) is 4.90 Å². The Labute approximate surface area is 96.6 Å². The molecule has 1 heterocycles. The highest BCUT2D eigenvalue weighted by atomic mass is 16.5. The normalized spacial score (nSPS) is 27.9. The van der Waals surface area contributed by atoms with Crippen molar-refractivity contribution in [1.29, 1.82) is 0 Å². The highest BCUT2D eigenvalue weighted by molar-refractivity contribution is 5.76. The van der Waals surface area contributed by atoms with E-state index in [9.17, 15) is 9.90 Å². The van der Waals surface area contributed by atoms with Gasteiger partial charge in [0.25, 0.3) is 0 Å². The second-order valence-electron chi connectivity index (χ2n) is 5.04. The molecule has 1 saturated heterocycles. The number of methoxy groups -OCH3 is 1. The van der Waals surface area contributed by atoms with Crippen molar-refractivity contribution in [2.75, 3.05) is 26.8 Å². The number of rotatable bonds is 3. The van der Waals surface area contributed by atoms with E-state index in [0.29, 0.717) is 13.0 Å². The molecule has 1 unspecified atom stereocenters. The zero-order valence-corrected chi connectivity index (χ0v) is 9.95. The van der Waals surface area contributed by atoms with Crippen molar-refractivity contribution in [3.63, 3.8) is 0 Å². The van der Waals surface area contributed by atoms with Gasteiger partial charge in [0.15, 0.2) is 0 Å². The number of nitrogens with zero attached hydrogens (tertiary/aromatic N) is 1. The maximum Gasteiger partial charge on any atom is 0.224 e. The Balaban J connectivity index is 1.78. The highest BCUT2D eigenvalue weighted by Gasteiger charge is 2.47. The summed E-state index contributed by atoms with van der Waals surface area (Å²) in [6.07, 6.45) is 4.36. The van der Waals surface area contributed by atoms with Gasteiger partial charge in [-0.05, 0) is 31.1 Å². The van der Waals surface area contributed by atoms with Crippen LogP contribution < -0.4 is 0 Å². The molecule has 2 fully saturated rings. The number of hydrogen-bond acceptors (Lipinski definition) is 3. The summed E-state index contributed by atoms with van der Waals surface area (Å²) in [5.74, 6) is 0.186. The lowest BCUT2D eigenvalue weighted by Crippen LogP contribution is -2.53. The van der Waals surface area contributed by atoms with Gasteiger partial charge in [-0.2, -0.15) is 0 Å². The first-order chi connectivity index (χ1) is 7.68. The molecule has 0 radical (unpaired) electrons. The lowest BCUT2D eigenvalue weighted by atomic mass is 9.61. The largest absolute Gasteiger partial charge is 0.393 e. The molecule has 4 nitrogen and oxygen atoms in total. The second kappa shape index (κ2) is 4.72. The third-order valence-corrected chi connectivity index (χ3v) is 4.25. The van der Waals surface area contributed by atoms with Gasteiger partial charge in [0.1, 0.15) is 0 Å². The SMILES string of the molecule is COCCC(=O)N1CCC2(CCC2O)CC1. The molecule has 1 amide bonds. The van der Waals surface area contributed by atoms with Gasteiger partial charge in [-0.25, -0.2) is 0 Å². The zero-order valence-electron chi connectivity index (χ0n) is 9.95. The highest BCUT2D eigenvalue weighted by Crippen LogP contribution is 2.49. The smallest absolute Gasteiger partial charge is 0.224 e. The Morgan fingerprint density at radius 2 is 2.12 bits per heavy atom. The van der Waals surface area contributed by atoms with Crippen LogP contribution >= 0.6 is 0 Å². The molecule has 2 aliphatic rings. The predicted octanol–water partition coefficient (Wildman–Crippen LogP) is 0.786. The number of carbonyl (C=O) groups is 1. The molecule has 0 aromatic rings. The summed E-state index contributed by atoms with van der Waals surface area (Å²) in [6.45, 7) is 2.11. The van der Waals surface area contributed by atoms with Crippen molar-refractivity contribution in [3.05, 3.63) is 0 Å². The van der Waals surface area contributed by atoms with Gasteiger partial charge in [-0.1, -0.05) is 0 Å². The molecule has 1 spiro atoms. The topological polar surface area (TPSA) is 49.8 Å². The maximum absolute atomic E-state index is 11.7. The van der Waals surface area contributed by atoms with E-state index in [-0.39, 0.29) is 17.4 Å². The first kappa shape index (κ1) is 11.9. The summed E-state index contributed by atoms with van der Waals surface area (Å²) < 4.78 is 4.91. The molecule has 0 aromatic heterocycles. The molecule has 0 aromatic carbocycles. The van der Waals surface area contributed by atoms with E-state index >= 15 is 0 Å². The third-order valence-electron chi connectivity index (χ3n) is 4.25. The molecule has 92 valence electrons. The van der Waals surface area contributed by atoms with Crippen LogP contribution in [-0.2, 0) is 9.53 Å². The van der Waals surface area contributed by atoms with Crippen LogP contribution in [0.1, 0.15) is 32.1 Å².